The van der Waals surface area contributed by atoms with E-state index in [0.717, 1.165) is 13.1 Å². The van der Waals surface area contributed by atoms with Crippen LogP contribution in [0.25, 0.3) is 0 Å². The number of amides is 1. The highest BCUT2D eigenvalue weighted by Gasteiger charge is 2.23. The largest absolute Gasteiger partial charge is 0.363 e. The molecular formula is C9H14N2O2. The Balaban J connectivity index is 2.17. The molecule has 0 spiro atoms. The van der Waals surface area contributed by atoms with Crippen molar-refractivity contribution in [3.63, 3.8) is 0 Å². The molecule has 1 saturated heterocycles. The first kappa shape index (κ1) is 10.0. The van der Waals surface area contributed by atoms with Crippen molar-refractivity contribution in [3.8, 4) is 12.3 Å². The zero-order valence-electron chi connectivity index (χ0n) is 7.67. The van der Waals surface area contributed by atoms with Gasteiger partial charge in [0.15, 0.2) is 0 Å². The van der Waals surface area contributed by atoms with Gasteiger partial charge in [0.05, 0.1) is 12.6 Å². The van der Waals surface area contributed by atoms with Gasteiger partial charge in [-0.15, -0.1) is 6.42 Å². The molecule has 72 valence electrons. The molecule has 1 heterocycles. The summed E-state index contributed by atoms with van der Waals surface area (Å²) in [7, 11) is 0. The van der Waals surface area contributed by atoms with Crippen LogP contribution in [0.1, 0.15) is 6.92 Å². The summed E-state index contributed by atoms with van der Waals surface area (Å²) >= 11 is 0. The van der Waals surface area contributed by atoms with Crippen molar-refractivity contribution in [1.82, 2.24) is 10.6 Å². The molecule has 1 rings (SSSR count). The normalized spacial score (nSPS) is 18.5. The highest BCUT2D eigenvalue weighted by Crippen LogP contribution is 2.02. The van der Waals surface area contributed by atoms with E-state index in [4.69, 9.17) is 11.2 Å². The summed E-state index contributed by atoms with van der Waals surface area (Å²) in [6.45, 7) is 3.64. The molecule has 0 radical (unpaired) electrons. The van der Waals surface area contributed by atoms with Crippen LogP contribution in [0, 0.1) is 12.3 Å². The maximum absolute atomic E-state index is 11.2. The van der Waals surface area contributed by atoms with Crippen LogP contribution in [-0.4, -0.2) is 37.7 Å². The molecule has 0 bridgehead atoms. The molecule has 1 unspecified atom stereocenters. The molecule has 0 aliphatic carbocycles. The number of hydrogen-bond donors (Lipinski definition) is 2. The van der Waals surface area contributed by atoms with E-state index in [-0.39, 0.29) is 18.6 Å². The fourth-order valence-corrected chi connectivity index (χ4v) is 0.991. The molecule has 4 nitrogen and oxygen atoms in total. The lowest BCUT2D eigenvalue weighted by molar-refractivity contribution is -0.136. The van der Waals surface area contributed by atoms with Crippen molar-refractivity contribution in [2.75, 3.05) is 19.6 Å². The molecule has 1 aliphatic rings. The predicted octanol–water partition coefficient (Wildman–Crippen LogP) is -0.887. The Hall–Kier alpha value is -1.05. The van der Waals surface area contributed by atoms with Gasteiger partial charge in [-0.3, -0.25) is 4.79 Å². The topological polar surface area (TPSA) is 50.4 Å². The zero-order chi connectivity index (χ0) is 9.68. The molecule has 1 fully saturated rings. The van der Waals surface area contributed by atoms with Crippen LogP contribution >= 0.6 is 0 Å². The van der Waals surface area contributed by atoms with Gasteiger partial charge >= 0.3 is 0 Å². The molecule has 2 N–H and O–H groups in total. The third-order valence-corrected chi connectivity index (χ3v) is 1.87. The van der Waals surface area contributed by atoms with Crippen LogP contribution in [0.2, 0.25) is 0 Å². The summed E-state index contributed by atoms with van der Waals surface area (Å²) in [5, 5.41) is 5.62. The number of ether oxygens (including phenoxy) is 1. The Morgan fingerprint density at radius 3 is 3.00 bits per heavy atom. The average molecular weight is 182 g/mol. The number of carbonyl (C=O) groups is 1. The van der Waals surface area contributed by atoms with E-state index >= 15 is 0 Å². The van der Waals surface area contributed by atoms with Gasteiger partial charge in [0, 0.05) is 13.1 Å². The van der Waals surface area contributed by atoms with Crippen LogP contribution in [-0.2, 0) is 9.53 Å². The van der Waals surface area contributed by atoms with E-state index in [1.54, 1.807) is 6.92 Å². The van der Waals surface area contributed by atoms with Crippen molar-refractivity contribution in [2.24, 2.45) is 0 Å². The van der Waals surface area contributed by atoms with Crippen LogP contribution in [0.5, 0.6) is 0 Å². The van der Waals surface area contributed by atoms with Gasteiger partial charge in [-0.25, -0.2) is 0 Å². The highest BCUT2D eigenvalue weighted by molar-refractivity contribution is 5.80. The number of nitrogens with one attached hydrogen (secondary N) is 2. The Kier molecular flexibility index (Phi) is 3.74. The molecule has 1 atom stereocenters. The second kappa shape index (κ2) is 4.85. The fraction of sp³-hybridized carbons (Fsp3) is 0.667. The van der Waals surface area contributed by atoms with Gasteiger partial charge in [0.1, 0.15) is 6.10 Å². The van der Waals surface area contributed by atoms with Crippen molar-refractivity contribution in [2.45, 2.75) is 19.1 Å². The molecular weight excluding hydrogens is 168 g/mol. The minimum atomic E-state index is -0.416. The number of rotatable bonds is 4. The number of hydrogen-bond acceptors (Lipinski definition) is 3. The lowest BCUT2D eigenvalue weighted by Crippen LogP contribution is -2.51. The first-order valence-corrected chi connectivity index (χ1v) is 4.31. The van der Waals surface area contributed by atoms with Crippen molar-refractivity contribution in [1.29, 1.82) is 0 Å². The van der Waals surface area contributed by atoms with E-state index in [0.29, 0.717) is 0 Å². The van der Waals surface area contributed by atoms with Crippen LogP contribution < -0.4 is 10.6 Å². The minimum absolute atomic E-state index is 0.148. The average Bonchev–Trinajstić information content (AvgIpc) is 2.06. The molecule has 1 amide bonds. The van der Waals surface area contributed by atoms with E-state index in [1.807, 2.05) is 0 Å². The summed E-state index contributed by atoms with van der Waals surface area (Å²) in [6.07, 6.45) is 4.76. The Morgan fingerprint density at radius 2 is 2.54 bits per heavy atom. The summed E-state index contributed by atoms with van der Waals surface area (Å²) < 4.78 is 5.40. The standard InChI is InChI=1S/C9H14N2O2/c1-3-4-11-9(12)7(2)13-8-5-10-6-8/h1,7-8,10H,4-6H2,2H3,(H,11,12). The summed E-state index contributed by atoms with van der Waals surface area (Å²) in [5.41, 5.74) is 0. The first-order chi connectivity index (χ1) is 6.24. The molecule has 0 saturated carbocycles. The van der Waals surface area contributed by atoms with Gasteiger partial charge in [0.2, 0.25) is 5.91 Å². The Bertz CT molecular complexity index is 218. The van der Waals surface area contributed by atoms with Crippen molar-refractivity contribution in [3.05, 3.63) is 0 Å². The van der Waals surface area contributed by atoms with Gasteiger partial charge in [-0.1, -0.05) is 5.92 Å². The predicted molar refractivity (Wildman–Crippen MR) is 49.0 cm³/mol. The van der Waals surface area contributed by atoms with Gasteiger partial charge in [0.25, 0.3) is 0 Å². The van der Waals surface area contributed by atoms with Gasteiger partial charge in [-0.05, 0) is 6.92 Å². The second-order valence-electron chi connectivity index (χ2n) is 2.98. The minimum Gasteiger partial charge on any atom is -0.363 e. The van der Waals surface area contributed by atoms with Crippen molar-refractivity contribution < 1.29 is 9.53 Å². The SMILES string of the molecule is C#CCNC(=O)C(C)OC1CNC1. The molecule has 0 aromatic carbocycles. The van der Waals surface area contributed by atoms with Crippen LogP contribution in [0.3, 0.4) is 0 Å². The fourth-order valence-electron chi connectivity index (χ4n) is 0.991. The van der Waals surface area contributed by atoms with Crippen LogP contribution in [0.15, 0.2) is 0 Å². The van der Waals surface area contributed by atoms with E-state index in [1.165, 1.54) is 0 Å². The maximum Gasteiger partial charge on any atom is 0.249 e. The third kappa shape index (κ3) is 3.05. The van der Waals surface area contributed by atoms with Crippen LogP contribution in [0.4, 0.5) is 0 Å². The quantitative estimate of drug-likeness (QED) is 0.555. The number of carbonyl (C=O) groups excluding carboxylic acids is 1. The Labute approximate surface area is 78.0 Å². The third-order valence-electron chi connectivity index (χ3n) is 1.87. The number of terminal acetylenes is 1. The van der Waals surface area contributed by atoms with Crippen molar-refractivity contribution >= 4 is 5.91 Å². The molecule has 0 aromatic heterocycles. The van der Waals surface area contributed by atoms with E-state index < -0.39 is 6.10 Å². The zero-order valence-corrected chi connectivity index (χ0v) is 7.67. The lowest BCUT2D eigenvalue weighted by Gasteiger charge is -2.29. The first-order valence-electron chi connectivity index (χ1n) is 4.31. The van der Waals surface area contributed by atoms with E-state index in [2.05, 4.69) is 16.6 Å². The van der Waals surface area contributed by atoms with Gasteiger partial charge in [-0.2, -0.15) is 0 Å². The van der Waals surface area contributed by atoms with E-state index in [9.17, 15) is 4.79 Å². The molecule has 1 aliphatic heterocycles. The lowest BCUT2D eigenvalue weighted by atomic mass is 10.2. The van der Waals surface area contributed by atoms with Gasteiger partial charge < -0.3 is 15.4 Å². The molecule has 4 heteroatoms. The smallest absolute Gasteiger partial charge is 0.249 e. The summed E-state index contributed by atoms with van der Waals surface area (Å²) in [6, 6.07) is 0. The summed E-state index contributed by atoms with van der Waals surface area (Å²) in [5.74, 6) is 2.19. The molecule has 13 heavy (non-hydrogen) atoms. The maximum atomic E-state index is 11.2. The molecule has 0 aromatic rings. The monoisotopic (exact) mass is 182 g/mol. The Morgan fingerprint density at radius 1 is 1.85 bits per heavy atom. The summed E-state index contributed by atoms with van der Waals surface area (Å²) in [4.78, 5) is 11.2. The highest BCUT2D eigenvalue weighted by atomic mass is 16.5. The second-order valence-corrected chi connectivity index (χ2v) is 2.98.